The highest BCUT2D eigenvalue weighted by Gasteiger charge is 2.21. The highest BCUT2D eigenvalue weighted by molar-refractivity contribution is 5.49. The van der Waals surface area contributed by atoms with Crippen LogP contribution in [0.5, 0.6) is 11.5 Å². The number of para-hydroxylation sites is 1. The molecule has 0 aliphatic heterocycles. The summed E-state index contributed by atoms with van der Waals surface area (Å²) in [4.78, 5) is 0. The van der Waals surface area contributed by atoms with Gasteiger partial charge in [-0.2, -0.15) is 5.26 Å². The van der Waals surface area contributed by atoms with Crippen molar-refractivity contribution in [1.82, 2.24) is 0 Å². The molecule has 0 bridgehead atoms. The molecule has 0 aromatic heterocycles. The fraction of sp³-hybridized carbons (Fsp3) is 0.533. The summed E-state index contributed by atoms with van der Waals surface area (Å²) in [5, 5.41) is 8.48. The van der Waals surface area contributed by atoms with Gasteiger partial charge in [-0.1, -0.05) is 32.9 Å². The van der Waals surface area contributed by atoms with Crippen molar-refractivity contribution in [2.75, 3.05) is 13.7 Å². The molecule has 0 fully saturated rings. The molecule has 0 aliphatic carbocycles. The van der Waals surface area contributed by atoms with E-state index in [1.54, 1.807) is 7.11 Å². The van der Waals surface area contributed by atoms with E-state index in [0.717, 1.165) is 23.5 Å². The highest BCUT2D eigenvalue weighted by Crippen LogP contribution is 2.38. The zero-order valence-corrected chi connectivity index (χ0v) is 11.6. The van der Waals surface area contributed by atoms with Crippen LogP contribution >= 0.6 is 0 Å². The number of methoxy groups -OCH3 is 1. The van der Waals surface area contributed by atoms with Gasteiger partial charge in [0.15, 0.2) is 11.5 Å². The quantitative estimate of drug-likeness (QED) is 0.745. The van der Waals surface area contributed by atoms with Crippen LogP contribution in [0.15, 0.2) is 18.2 Å². The van der Waals surface area contributed by atoms with Gasteiger partial charge >= 0.3 is 0 Å². The van der Waals surface area contributed by atoms with Crippen LogP contribution in [0.3, 0.4) is 0 Å². The first-order valence-electron chi connectivity index (χ1n) is 6.18. The number of ether oxygens (including phenoxy) is 2. The third-order valence-electron chi connectivity index (χ3n) is 2.68. The number of hydrogen-bond acceptors (Lipinski definition) is 3. The number of nitrogens with zero attached hydrogens (tertiary/aromatic N) is 1. The van der Waals surface area contributed by atoms with E-state index >= 15 is 0 Å². The molecular formula is C15H21NO2. The summed E-state index contributed by atoms with van der Waals surface area (Å²) in [6.07, 6.45) is 1.25. The van der Waals surface area contributed by atoms with Crippen LogP contribution < -0.4 is 9.47 Å². The van der Waals surface area contributed by atoms with Crippen LogP contribution in [0.2, 0.25) is 0 Å². The Morgan fingerprint density at radius 2 is 2.00 bits per heavy atom. The summed E-state index contributed by atoms with van der Waals surface area (Å²) in [5.74, 6) is 1.55. The number of hydrogen-bond donors (Lipinski definition) is 0. The summed E-state index contributed by atoms with van der Waals surface area (Å²) < 4.78 is 11.2. The molecule has 1 rings (SSSR count). The van der Waals surface area contributed by atoms with Gasteiger partial charge in [0.25, 0.3) is 0 Å². The normalized spacial score (nSPS) is 10.8. The lowest BCUT2D eigenvalue weighted by Gasteiger charge is -2.23. The summed E-state index contributed by atoms with van der Waals surface area (Å²) in [5.41, 5.74) is 1.14. The Bertz CT molecular complexity index is 427. The molecule has 0 spiro atoms. The molecule has 0 amide bonds. The van der Waals surface area contributed by atoms with Gasteiger partial charge in [-0.25, -0.2) is 0 Å². The second kappa shape index (κ2) is 6.30. The maximum Gasteiger partial charge on any atom is 0.164 e. The molecule has 98 valence electrons. The Morgan fingerprint density at radius 3 is 2.56 bits per heavy atom. The van der Waals surface area contributed by atoms with Gasteiger partial charge in [0.1, 0.15) is 0 Å². The maximum absolute atomic E-state index is 8.48. The molecule has 0 heterocycles. The van der Waals surface area contributed by atoms with Gasteiger partial charge in [0, 0.05) is 12.0 Å². The minimum absolute atomic E-state index is 0.0113. The number of benzene rings is 1. The molecule has 0 atom stereocenters. The van der Waals surface area contributed by atoms with Crippen molar-refractivity contribution < 1.29 is 9.47 Å². The number of unbranched alkanes of at least 4 members (excludes halogenated alkanes) is 1. The minimum atomic E-state index is 0.0113. The molecule has 0 N–H and O–H groups in total. The van der Waals surface area contributed by atoms with Crippen LogP contribution in [-0.2, 0) is 5.41 Å². The Balaban J connectivity index is 2.89. The van der Waals surface area contributed by atoms with E-state index in [2.05, 4.69) is 32.9 Å². The zero-order valence-electron chi connectivity index (χ0n) is 11.6. The van der Waals surface area contributed by atoms with Crippen molar-refractivity contribution in [3.8, 4) is 17.6 Å². The van der Waals surface area contributed by atoms with Gasteiger partial charge in [-0.05, 0) is 17.9 Å². The summed E-state index contributed by atoms with van der Waals surface area (Å²) >= 11 is 0. The standard InChI is InChI=1S/C15H21NO2/c1-15(2,3)12-8-7-9-13(14(12)17-4)18-11-6-5-10-16/h7-9H,5-6,11H2,1-4H3. The Hall–Kier alpha value is -1.69. The van der Waals surface area contributed by atoms with Crippen LogP contribution in [-0.4, -0.2) is 13.7 Å². The van der Waals surface area contributed by atoms with E-state index in [1.807, 2.05) is 12.1 Å². The molecule has 0 saturated heterocycles. The molecule has 0 unspecified atom stereocenters. The molecule has 0 saturated carbocycles. The molecule has 3 nitrogen and oxygen atoms in total. The second-order valence-electron chi connectivity index (χ2n) is 5.20. The number of rotatable bonds is 5. The Kier molecular flexibility index (Phi) is 5.03. The molecule has 0 aliphatic rings. The van der Waals surface area contributed by atoms with Crippen LogP contribution in [0, 0.1) is 11.3 Å². The van der Waals surface area contributed by atoms with Crippen molar-refractivity contribution >= 4 is 0 Å². The lowest BCUT2D eigenvalue weighted by Crippen LogP contribution is -2.13. The first kappa shape index (κ1) is 14.4. The van der Waals surface area contributed by atoms with Crippen molar-refractivity contribution in [2.24, 2.45) is 0 Å². The van der Waals surface area contributed by atoms with Crippen LogP contribution in [0.1, 0.15) is 39.2 Å². The van der Waals surface area contributed by atoms with Gasteiger partial charge in [-0.3, -0.25) is 0 Å². The van der Waals surface area contributed by atoms with Crippen LogP contribution in [0.4, 0.5) is 0 Å². The summed E-state index contributed by atoms with van der Waals surface area (Å²) in [6.45, 7) is 6.97. The molecule has 1 aromatic carbocycles. The van der Waals surface area contributed by atoms with Crippen molar-refractivity contribution in [1.29, 1.82) is 5.26 Å². The molecule has 1 aromatic rings. The highest BCUT2D eigenvalue weighted by atomic mass is 16.5. The maximum atomic E-state index is 8.48. The number of nitriles is 1. The largest absolute Gasteiger partial charge is 0.493 e. The molecular weight excluding hydrogens is 226 g/mol. The van der Waals surface area contributed by atoms with E-state index in [0.29, 0.717) is 13.0 Å². The summed E-state index contributed by atoms with van der Waals surface area (Å²) in [6, 6.07) is 8.04. The average molecular weight is 247 g/mol. The van der Waals surface area contributed by atoms with Crippen molar-refractivity contribution in [3.63, 3.8) is 0 Å². The Morgan fingerprint density at radius 1 is 1.28 bits per heavy atom. The van der Waals surface area contributed by atoms with E-state index in [1.165, 1.54) is 0 Å². The molecule has 0 radical (unpaired) electrons. The lowest BCUT2D eigenvalue weighted by atomic mass is 9.86. The molecule has 3 heteroatoms. The predicted molar refractivity (Wildman–Crippen MR) is 72.0 cm³/mol. The average Bonchev–Trinajstić information content (AvgIpc) is 2.33. The third kappa shape index (κ3) is 3.66. The smallest absolute Gasteiger partial charge is 0.164 e. The SMILES string of the molecule is COc1c(OCCCC#N)cccc1C(C)(C)C. The first-order chi connectivity index (χ1) is 8.50. The predicted octanol–water partition coefficient (Wildman–Crippen LogP) is 3.68. The molecule has 18 heavy (non-hydrogen) atoms. The first-order valence-corrected chi connectivity index (χ1v) is 6.18. The fourth-order valence-corrected chi connectivity index (χ4v) is 1.76. The van der Waals surface area contributed by atoms with Gasteiger partial charge in [0.2, 0.25) is 0 Å². The van der Waals surface area contributed by atoms with E-state index in [9.17, 15) is 0 Å². The van der Waals surface area contributed by atoms with E-state index in [4.69, 9.17) is 14.7 Å². The van der Waals surface area contributed by atoms with Gasteiger partial charge < -0.3 is 9.47 Å². The van der Waals surface area contributed by atoms with Gasteiger partial charge in [0.05, 0.1) is 19.8 Å². The van der Waals surface area contributed by atoms with Gasteiger partial charge in [-0.15, -0.1) is 0 Å². The lowest BCUT2D eigenvalue weighted by molar-refractivity contribution is 0.287. The topological polar surface area (TPSA) is 42.2 Å². The zero-order chi connectivity index (χ0) is 13.6. The second-order valence-corrected chi connectivity index (χ2v) is 5.20. The fourth-order valence-electron chi connectivity index (χ4n) is 1.76. The monoisotopic (exact) mass is 247 g/mol. The Labute approximate surface area is 109 Å². The summed E-state index contributed by atoms with van der Waals surface area (Å²) in [7, 11) is 1.66. The minimum Gasteiger partial charge on any atom is -0.493 e. The van der Waals surface area contributed by atoms with E-state index in [-0.39, 0.29) is 5.41 Å². The van der Waals surface area contributed by atoms with E-state index < -0.39 is 0 Å². The van der Waals surface area contributed by atoms with Crippen molar-refractivity contribution in [3.05, 3.63) is 23.8 Å². The van der Waals surface area contributed by atoms with Crippen LogP contribution in [0.25, 0.3) is 0 Å². The van der Waals surface area contributed by atoms with Crippen molar-refractivity contribution in [2.45, 2.75) is 39.0 Å². The third-order valence-corrected chi connectivity index (χ3v) is 2.68.